The van der Waals surface area contributed by atoms with Gasteiger partial charge >= 0.3 is 0 Å². The van der Waals surface area contributed by atoms with E-state index in [1.807, 2.05) is 0 Å². The predicted molar refractivity (Wildman–Crippen MR) is 102 cm³/mol. The van der Waals surface area contributed by atoms with Crippen molar-refractivity contribution in [2.45, 2.75) is 37.2 Å². The van der Waals surface area contributed by atoms with E-state index in [0.29, 0.717) is 23.9 Å². The Labute approximate surface area is 159 Å². The Bertz CT molecular complexity index is 848. The Kier molecular flexibility index (Phi) is 6.30. The highest BCUT2D eigenvalue weighted by Crippen LogP contribution is 2.16. The summed E-state index contributed by atoms with van der Waals surface area (Å²) in [6.45, 7) is 4.87. The van der Waals surface area contributed by atoms with Crippen molar-refractivity contribution in [3.05, 3.63) is 54.0 Å². The molecule has 1 aromatic carbocycles. The number of likely N-dealkylation sites (N-methyl/N-ethyl adjacent to an activating group) is 1. The second-order valence-electron chi connectivity index (χ2n) is 6.56. The van der Waals surface area contributed by atoms with Gasteiger partial charge in [0, 0.05) is 18.2 Å². The summed E-state index contributed by atoms with van der Waals surface area (Å²) >= 11 is 0. The maximum Gasteiger partial charge on any atom is 0.251 e. The van der Waals surface area contributed by atoms with Crippen LogP contribution < -0.4 is 10.0 Å². The molecule has 1 fully saturated rings. The molecule has 0 saturated carbocycles. The van der Waals surface area contributed by atoms with Crippen molar-refractivity contribution < 1.29 is 17.6 Å². The van der Waals surface area contributed by atoms with Gasteiger partial charge < -0.3 is 9.73 Å². The van der Waals surface area contributed by atoms with Crippen LogP contribution in [0.3, 0.4) is 0 Å². The van der Waals surface area contributed by atoms with E-state index < -0.39 is 10.0 Å². The van der Waals surface area contributed by atoms with Gasteiger partial charge in [0.2, 0.25) is 10.0 Å². The van der Waals surface area contributed by atoms with Gasteiger partial charge in [0.25, 0.3) is 5.91 Å². The Morgan fingerprint density at radius 3 is 2.70 bits per heavy atom. The van der Waals surface area contributed by atoms with Crippen LogP contribution in [0.4, 0.5) is 0 Å². The molecule has 1 amide bonds. The molecule has 0 spiro atoms. The first-order valence-electron chi connectivity index (χ1n) is 9.14. The van der Waals surface area contributed by atoms with E-state index in [-0.39, 0.29) is 17.3 Å². The zero-order chi connectivity index (χ0) is 19.3. The van der Waals surface area contributed by atoms with E-state index in [0.717, 1.165) is 25.9 Å². The van der Waals surface area contributed by atoms with Crippen molar-refractivity contribution in [1.82, 2.24) is 14.9 Å². The number of nitrogens with one attached hydrogen (secondary N) is 2. The van der Waals surface area contributed by atoms with Crippen LogP contribution in [0.2, 0.25) is 0 Å². The quantitative estimate of drug-likeness (QED) is 0.718. The molecule has 7 nitrogen and oxygen atoms in total. The fourth-order valence-corrected chi connectivity index (χ4v) is 4.30. The molecule has 146 valence electrons. The smallest absolute Gasteiger partial charge is 0.251 e. The topological polar surface area (TPSA) is 91.7 Å². The van der Waals surface area contributed by atoms with Crippen LogP contribution in [0, 0.1) is 0 Å². The van der Waals surface area contributed by atoms with Gasteiger partial charge in [-0.3, -0.25) is 9.69 Å². The van der Waals surface area contributed by atoms with Gasteiger partial charge in [-0.25, -0.2) is 13.1 Å². The summed E-state index contributed by atoms with van der Waals surface area (Å²) in [6, 6.07) is 9.71. The van der Waals surface area contributed by atoms with Crippen LogP contribution >= 0.6 is 0 Å². The van der Waals surface area contributed by atoms with Crippen molar-refractivity contribution in [3.63, 3.8) is 0 Å². The van der Waals surface area contributed by atoms with Crippen LogP contribution in [-0.2, 0) is 16.6 Å². The number of benzene rings is 1. The molecule has 1 atom stereocenters. The Hall–Kier alpha value is -2.16. The summed E-state index contributed by atoms with van der Waals surface area (Å²) in [5, 5.41) is 2.95. The van der Waals surface area contributed by atoms with Gasteiger partial charge in [-0.1, -0.05) is 6.92 Å². The molecule has 2 heterocycles. The Morgan fingerprint density at radius 1 is 1.26 bits per heavy atom. The maximum absolute atomic E-state index is 12.3. The van der Waals surface area contributed by atoms with E-state index in [1.165, 1.54) is 30.5 Å². The van der Waals surface area contributed by atoms with Crippen molar-refractivity contribution in [3.8, 4) is 0 Å². The van der Waals surface area contributed by atoms with E-state index in [1.54, 1.807) is 12.1 Å². The molecule has 0 unspecified atom stereocenters. The van der Waals surface area contributed by atoms with Crippen molar-refractivity contribution in [2.75, 3.05) is 19.6 Å². The van der Waals surface area contributed by atoms with Gasteiger partial charge in [0.05, 0.1) is 17.7 Å². The number of nitrogens with zero attached hydrogens (tertiary/aromatic N) is 1. The molecule has 0 aliphatic carbocycles. The fraction of sp³-hybridized carbons (Fsp3) is 0.421. The highest BCUT2D eigenvalue weighted by molar-refractivity contribution is 7.89. The van der Waals surface area contributed by atoms with Gasteiger partial charge in [-0.2, -0.15) is 0 Å². The Morgan fingerprint density at radius 2 is 2.04 bits per heavy atom. The molecule has 27 heavy (non-hydrogen) atoms. The zero-order valence-corrected chi connectivity index (χ0v) is 16.2. The average Bonchev–Trinajstić information content (AvgIpc) is 3.36. The number of furan rings is 1. The van der Waals surface area contributed by atoms with Crippen LogP contribution in [0.15, 0.2) is 52.0 Å². The zero-order valence-electron chi connectivity index (χ0n) is 15.3. The lowest BCUT2D eigenvalue weighted by atomic mass is 10.2. The normalized spacial score (nSPS) is 17.9. The molecular weight excluding hydrogens is 366 g/mol. The first-order chi connectivity index (χ1) is 13.0. The number of hydrogen-bond acceptors (Lipinski definition) is 5. The number of rotatable bonds is 8. The summed E-state index contributed by atoms with van der Waals surface area (Å²) in [6.07, 6.45) is 3.74. The lowest BCUT2D eigenvalue weighted by Gasteiger charge is -2.22. The fourth-order valence-electron chi connectivity index (χ4n) is 3.30. The number of carbonyl (C=O) groups excluding carboxylic acids is 1. The van der Waals surface area contributed by atoms with Crippen molar-refractivity contribution in [2.24, 2.45) is 0 Å². The van der Waals surface area contributed by atoms with Gasteiger partial charge in [0.1, 0.15) is 5.76 Å². The highest BCUT2D eigenvalue weighted by atomic mass is 32.2. The lowest BCUT2D eigenvalue weighted by molar-refractivity contribution is 0.0941. The molecule has 0 bridgehead atoms. The molecule has 0 radical (unpaired) electrons. The van der Waals surface area contributed by atoms with Gasteiger partial charge in [-0.05, 0) is 62.3 Å². The lowest BCUT2D eigenvalue weighted by Crippen LogP contribution is -2.40. The number of amides is 1. The van der Waals surface area contributed by atoms with Crippen LogP contribution in [0.5, 0.6) is 0 Å². The highest BCUT2D eigenvalue weighted by Gasteiger charge is 2.23. The van der Waals surface area contributed by atoms with Crippen LogP contribution in [0.25, 0.3) is 0 Å². The van der Waals surface area contributed by atoms with Gasteiger partial charge in [0.15, 0.2) is 0 Å². The van der Waals surface area contributed by atoms with Crippen molar-refractivity contribution >= 4 is 15.9 Å². The summed E-state index contributed by atoms with van der Waals surface area (Å²) in [5.41, 5.74) is 0.445. The molecule has 2 aromatic rings. The number of sulfonamides is 1. The first kappa shape index (κ1) is 19.6. The molecular formula is C19H25N3O4S. The summed E-state index contributed by atoms with van der Waals surface area (Å²) in [7, 11) is -3.66. The van der Waals surface area contributed by atoms with E-state index in [2.05, 4.69) is 21.9 Å². The molecule has 3 rings (SSSR count). The predicted octanol–water partition coefficient (Wildman–Crippen LogP) is 1.97. The molecule has 2 N–H and O–H groups in total. The summed E-state index contributed by atoms with van der Waals surface area (Å²) < 4.78 is 32.2. The summed E-state index contributed by atoms with van der Waals surface area (Å²) in [4.78, 5) is 14.8. The third-order valence-electron chi connectivity index (χ3n) is 4.85. The molecule has 1 aliphatic rings. The molecule has 1 aliphatic heterocycles. The van der Waals surface area contributed by atoms with E-state index >= 15 is 0 Å². The monoisotopic (exact) mass is 391 g/mol. The second kappa shape index (κ2) is 8.69. The number of carbonyl (C=O) groups is 1. The van der Waals surface area contributed by atoms with Crippen LogP contribution in [-0.4, -0.2) is 44.9 Å². The number of likely N-dealkylation sites (tertiary alicyclic amines) is 1. The maximum atomic E-state index is 12.3. The largest absolute Gasteiger partial charge is 0.468 e. The second-order valence-corrected chi connectivity index (χ2v) is 8.33. The minimum Gasteiger partial charge on any atom is -0.468 e. The van der Waals surface area contributed by atoms with E-state index in [9.17, 15) is 13.2 Å². The number of hydrogen-bond donors (Lipinski definition) is 2. The van der Waals surface area contributed by atoms with E-state index in [4.69, 9.17) is 4.42 Å². The standard InChI is InChI=1S/C19H25N3O4S/c1-2-22-11-3-5-16(22)13-20-19(23)15-7-9-18(10-8-15)27(24,25)21-14-17-6-4-12-26-17/h4,6-10,12,16,21H,2-3,5,11,13-14H2,1H3,(H,20,23)/t16-/m0/s1. The molecule has 1 saturated heterocycles. The third kappa shape index (κ3) is 4.97. The van der Waals surface area contributed by atoms with Crippen molar-refractivity contribution in [1.29, 1.82) is 0 Å². The third-order valence-corrected chi connectivity index (χ3v) is 6.26. The molecule has 1 aromatic heterocycles. The summed E-state index contributed by atoms with van der Waals surface area (Å²) in [5.74, 6) is 0.341. The SMILES string of the molecule is CCN1CCC[C@H]1CNC(=O)c1ccc(S(=O)(=O)NCc2ccco2)cc1. The molecule has 8 heteroatoms. The van der Waals surface area contributed by atoms with Gasteiger partial charge in [-0.15, -0.1) is 0 Å². The Balaban J connectivity index is 1.56. The first-order valence-corrected chi connectivity index (χ1v) is 10.6. The minimum absolute atomic E-state index is 0.0763. The van der Waals surface area contributed by atoms with Crippen LogP contribution in [0.1, 0.15) is 35.9 Å². The minimum atomic E-state index is -3.66. The average molecular weight is 391 g/mol.